The monoisotopic (exact) mass is 530 g/mol. The van der Waals surface area contributed by atoms with E-state index in [1.165, 1.54) is 31.3 Å². The topological polar surface area (TPSA) is 0 Å². The van der Waals surface area contributed by atoms with Crippen molar-refractivity contribution in [1.82, 2.24) is 0 Å². The van der Waals surface area contributed by atoms with E-state index in [1.807, 2.05) is 19.1 Å². The Morgan fingerprint density at radius 2 is 1.38 bits per heavy atom. The van der Waals surface area contributed by atoms with Gasteiger partial charge in [0.1, 0.15) is 5.82 Å². The molecule has 206 valence electrons. The highest BCUT2D eigenvalue weighted by Crippen LogP contribution is 2.34. The van der Waals surface area contributed by atoms with Gasteiger partial charge >= 0.3 is 0 Å². The maximum absolute atomic E-state index is 15.1. The molecule has 3 heteroatoms. The molecule has 39 heavy (non-hydrogen) atoms. The zero-order chi connectivity index (χ0) is 27.6. The van der Waals surface area contributed by atoms with Crippen LogP contribution in [-0.4, -0.2) is 0 Å². The minimum atomic E-state index is -0.809. The van der Waals surface area contributed by atoms with Gasteiger partial charge in [-0.2, -0.15) is 0 Å². The molecule has 0 spiro atoms. The van der Waals surface area contributed by atoms with Gasteiger partial charge in [-0.25, -0.2) is 13.2 Å². The van der Waals surface area contributed by atoms with Gasteiger partial charge in [-0.1, -0.05) is 112 Å². The summed E-state index contributed by atoms with van der Waals surface area (Å²) in [5, 5.41) is 0. The van der Waals surface area contributed by atoms with Gasteiger partial charge in [-0.15, -0.1) is 0 Å². The van der Waals surface area contributed by atoms with Crippen molar-refractivity contribution in [2.24, 2.45) is 5.92 Å². The van der Waals surface area contributed by atoms with Crippen LogP contribution in [0.2, 0.25) is 0 Å². The van der Waals surface area contributed by atoms with Crippen molar-refractivity contribution in [2.45, 2.75) is 84.5 Å². The summed E-state index contributed by atoms with van der Waals surface area (Å²) in [7, 11) is 0. The molecule has 0 saturated heterocycles. The maximum Gasteiger partial charge on any atom is 0.166 e. The van der Waals surface area contributed by atoms with Crippen molar-refractivity contribution in [3.8, 4) is 22.3 Å². The quantitative estimate of drug-likeness (QED) is 0.161. The molecule has 1 atom stereocenters. The number of unbranched alkanes of at least 4 members (excludes halogenated alkanes) is 6. The molecule has 0 fully saturated rings. The van der Waals surface area contributed by atoms with E-state index in [0.29, 0.717) is 34.6 Å². The Balaban J connectivity index is 1.41. The number of rotatable bonds is 12. The molecule has 0 saturated carbocycles. The molecule has 0 radical (unpaired) electrons. The van der Waals surface area contributed by atoms with E-state index < -0.39 is 11.6 Å². The van der Waals surface area contributed by atoms with E-state index in [4.69, 9.17) is 0 Å². The first-order valence-electron chi connectivity index (χ1n) is 14.7. The molecule has 0 aliphatic heterocycles. The van der Waals surface area contributed by atoms with Gasteiger partial charge in [-0.3, -0.25) is 0 Å². The van der Waals surface area contributed by atoms with Crippen molar-refractivity contribution in [1.29, 1.82) is 0 Å². The summed E-state index contributed by atoms with van der Waals surface area (Å²) < 4.78 is 45.0. The molecule has 0 bridgehead atoms. The second-order valence-electron chi connectivity index (χ2n) is 10.8. The Morgan fingerprint density at radius 3 is 2.03 bits per heavy atom. The Hall–Kier alpha value is -3.07. The zero-order valence-electron chi connectivity index (χ0n) is 23.4. The average Bonchev–Trinajstić information content (AvgIpc) is 2.95. The Labute approximate surface area is 232 Å². The highest BCUT2D eigenvalue weighted by atomic mass is 19.2. The lowest BCUT2D eigenvalue weighted by Gasteiger charge is -2.20. The third-order valence-electron chi connectivity index (χ3n) is 7.97. The van der Waals surface area contributed by atoms with Crippen LogP contribution in [0.5, 0.6) is 0 Å². The highest BCUT2D eigenvalue weighted by Gasteiger charge is 2.17. The summed E-state index contributed by atoms with van der Waals surface area (Å²) in [5.41, 5.74) is 4.60. The van der Waals surface area contributed by atoms with Crippen molar-refractivity contribution in [3.63, 3.8) is 0 Å². The maximum atomic E-state index is 15.1. The number of allylic oxidation sites excluding steroid dienone is 4. The number of hydrogen-bond acceptors (Lipinski definition) is 0. The molecule has 3 aromatic rings. The van der Waals surface area contributed by atoms with Crippen LogP contribution in [0.3, 0.4) is 0 Å². The van der Waals surface area contributed by atoms with Gasteiger partial charge in [0.2, 0.25) is 0 Å². The first-order valence-corrected chi connectivity index (χ1v) is 14.7. The molecule has 0 N–H and O–H groups in total. The van der Waals surface area contributed by atoms with Crippen molar-refractivity contribution in [2.75, 3.05) is 0 Å². The average molecular weight is 531 g/mol. The van der Waals surface area contributed by atoms with E-state index in [9.17, 15) is 8.78 Å². The minimum Gasteiger partial charge on any atom is -0.206 e. The normalized spacial score (nSPS) is 15.6. The summed E-state index contributed by atoms with van der Waals surface area (Å²) >= 11 is 0. The lowest BCUT2D eigenvalue weighted by Crippen LogP contribution is -2.02. The summed E-state index contributed by atoms with van der Waals surface area (Å²) in [6, 6.07) is 15.8. The standard InChI is InChI=1S/C36H41F3/c1-3-5-6-7-8-9-10-12-30-21-24-33(36(39)35(30)38)29-19-17-28(18-20-29)32-23-22-31(25-34(32)37)27-15-13-26(11-4-2)14-16-27/h4,11,15,17-26H,3,5-10,12-14,16H2,1-2H3/b11-4+. The van der Waals surface area contributed by atoms with Crippen molar-refractivity contribution in [3.05, 3.63) is 101 Å². The van der Waals surface area contributed by atoms with Gasteiger partial charge in [0.15, 0.2) is 11.6 Å². The van der Waals surface area contributed by atoms with Crippen LogP contribution in [0.25, 0.3) is 27.8 Å². The number of hydrogen-bond donors (Lipinski definition) is 0. The van der Waals surface area contributed by atoms with Crippen LogP contribution in [0.15, 0.2) is 72.8 Å². The fraction of sp³-hybridized carbons (Fsp3) is 0.389. The molecule has 4 rings (SSSR count). The van der Waals surface area contributed by atoms with E-state index in [2.05, 4.69) is 25.2 Å². The molecule has 3 aromatic carbocycles. The van der Waals surface area contributed by atoms with Crippen LogP contribution in [0.4, 0.5) is 13.2 Å². The molecule has 0 heterocycles. The molecular weight excluding hydrogens is 489 g/mol. The fourth-order valence-electron chi connectivity index (χ4n) is 5.62. The second-order valence-corrected chi connectivity index (χ2v) is 10.8. The number of aryl methyl sites for hydroxylation is 1. The van der Waals surface area contributed by atoms with Crippen LogP contribution >= 0.6 is 0 Å². The summed E-state index contributed by atoms with van der Waals surface area (Å²) in [6.07, 6.45) is 18.1. The Bertz CT molecular complexity index is 1280. The lowest BCUT2D eigenvalue weighted by atomic mass is 9.86. The van der Waals surface area contributed by atoms with Gasteiger partial charge in [0, 0.05) is 11.1 Å². The smallest absolute Gasteiger partial charge is 0.166 e. The van der Waals surface area contributed by atoms with E-state index in [0.717, 1.165) is 44.1 Å². The molecular formula is C36H41F3. The van der Waals surface area contributed by atoms with Gasteiger partial charge < -0.3 is 0 Å². The molecule has 0 amide bonds. The summed E-state index contributed by atoms with van der Waals surface area (Å²) in [5.74, 6) is -1.26. The minimum absolute atomic E-state index is 0.235. The van der Waals surface area contributed by atoms with Crippen molar-refractivity contribution >= 4 is 5.57 Å². The fourth-order valence-corrected chi connectivity index (χ4v) is 5.62. The van der Waals surface area contributed by atoms with Crippen LogP contribution in [0.1, 0.15) is 89.2 Å². The second kappa shape index (κ2) is 14.4. The first kappa shape index (κ1) is 28.9. The third kappa shape index (κ3) is 7.53. The summed E-state index contributed by atoms with van der Waals surface area (Å²) in [6.45, 7) is 4.24. The van der Waals surface area contributed by atoms with E-state index >= 15 is 4.39 Å². The van der Waals surface area contributed by atoms with Gasteiger partial charge in [-0.05, 0) is 78.8 Å². The van der Waals surface area contributed by atoms with E-state index in [-0.39, 0.29) is 11.4 Å². The largest absolute Gasteiger partial charge is 0.206 e. The van der Waals surface area contributed by atoms with Gasteiger partial charge in [0.05, 0.1) is 0 Å². The highest BCUT2D eigenvalue weighted by molar-refractivity contribution is 5.74. The predicted octanol–water partition coefficient (Wildman–Crippen LogP) is 11.5. The molecule has 0 nitrogen and oxygen atoms in total. The van der Waals surface area contributed by atoms with Gasteiger partial charge in [0.25, 0.3) is 0 Å². The van der Waals surface area contributed by atoms with Crippen LogP contribution < -0.4 is 0 Å². The predicted molar refractivity (Wildman–Crippen MR) is 159 cm³/mol. The molecule has 1 aliphatic rings. The zero-order valence-corrected chi connectivity index (χ0v) is 23.4. The van der Waals surface area contributed by atoms with Crippen LogP contribution in [0, 0.1) is 23.4 Å². The SMILES string of the molecule is C/C=C/C1CC=C(c2ccc(-c3ccc(-c4ccc(CCCCCCCCC)c(F)c4F)cc3)c(F)c2)CC1. The lowest BCUT2D eigenvalue weighted by molar-refractivity contribution is 0.497. The van der Waals surface area contributed by atoms with E-state index in [1.54, 1.807) is 42.5 Å². The Kier molecular flexibility index (Phi) is 10.6. The summed E-state index contributed by atoms with van der Waals surface area (Å²) in [4.78, 5) is 0. The third-order valence-corrected chi connectivity index (χ3v) is 7.97. The van der Waals surface area contributed by atoms with Crippen LogP contribution in [-0.2, 0) is 6.42 Å². The Morgan fingerprint density at radius 1 is 0.744 bits per heavy atom. The van der Waals surface area contributed by atoms with Crippen molar-refractivity contribution < 1.29 is 13.2 Å². The first-order chi connectivity index (χ1) is 19.0. The molecule has 1 aliphatic carbocycles. The number of halogens is 3. The molecule has 0 aromatic heterocycles. The number of benzene rings is 3. The molecule has 1 unspecified atom stereocenters.